The number of nitrogens with one attached hydrogen (secondary N) is 1. The first-order valence-corrected chi connectivity index (χ1v) is 6.38. The van der Waals surface area contributed by atoms with Gasteiger partial charge in [-0.3, -0.25) is 9.69 Å². The third-order valence-corrected chi connectivity index (χ3v) is 3.33. The van der Waals surface area contributed by atoms with Gasteiger partial charge in [-0.05, 0) is 24.3 Å². The summed E-state index contributed by atoms with van der Waals surface area (Å²) in [6, 6.07) is 5.87. The smallest absolute Gasteiger partial charge is 0.211 e. The lowest BCUT2D eigenvalue weighted by Crippen LogP contribution is -2.45. The van der Waals surface area contributed by atoms with Gasteiger partial charge in [0.1, 0.15) is 11.4 Å². The molecule has 2 heterocycles. The molecular formula is C14H15FN2O2. The molecule has 0 atom stereocenters. The van der Waals surface area contributed by atoms with Gasteiger partial charge in [-0.2, -0.15) is 0 Å². The SMILES string of the molecule is O=C(CN1CCNCC1)c1cc2cc(F)ccc2o1. The Labute approximate surface area is 110 Å². The van der Waals surface area contributed by atoms with Crippen LogP contribution in [0.1, 0.15) is 10.6 Å². The Balaban J connectivity index is 1.77. The number of nitrogens with zero attached hydrogens (tertiary/aromatic N) is 1. The fourth-order valence-corrected chi connectivity index (χ4v) is 2.30. The highest BCUT2D eigenvalue weighted by Gasteiger charge is 2.18. The maximum Gasteiger partial charge on any atom is 0.211 e. The van der Waals surface area contributed by atoms with E-state index in [0.29, 0.717) is 23.3 Å². The molecule has 2 aromatic rings. The molecule has 1 aromatic heterocycles. The molecule has 1 aliphatic heterocycles. The van der Waals surface area contributed by atoms with Gasteiger partial charge < -0.3 is 9.73 Å². The van der Waals surface area contributed by atoms with Crippen molar-refractivity contribution in [1.82, 2.24) is 10.2 Å². The lowest BCUT2D eigenvalue weighted by atomic mass is 10.2. The number of halogens is 1. The number of carbonyl (C=O) groups excluding carboxylic acids is 1. The Morgan fingerprint density at radius 1 is 1.32 bits per heavy atom. The van der Waals surface area contributed by atoms with E-state index in [1.54, 1.807) is 12.1 Å². The fraction of sp³-hybridized carbons (Fsp3) is 0.357. The van der Waals surface area contributed by atoms with E-state index in [4.69, 9.17) is 4.42 Å². The third-order valence-electron chi connectivity index (χ3n) is 3.33. The van der Waals surface area contributed by atoms with E-state index in [-0.39, 0.29) is 11.6 Å². The van der Waals surface area contributed by atoms with Gasteiger partial charge in [0.05, 0.1) is 6.54 Å². The van der Waals surface area contributed by atoms with Gasteiger partial charge >= 0.3 is 0 Å². The normalized spacial score (nSPS) is 16.9. The minimum Gasteiger partial charge on any atom is -0.453 e. The maximum atomic E-state index is 13.1. The lowest BCUT2D eigenvalue weighted by Gasteiger charge is -2.25. The van der Waals surface area contributed by atoms with Gasteiger partial charge in [0.25, 0.3) is 0 Å². The first-order chi connectivity index (χ1) is 9.22. The van der Waals surface area contributed by atoms with Crippen molar-refractivity contribution in [1.29, 1.82) is 0 Å². The second kappa shape index (κ2) is 5.11. The Morgan fingerprint density at radius 2 is 2.11 bits per heavy atom. The molecule has 19 heavy (non-hydrogen) atoms. The van der Waals surface area contributed by atoms with Crippen LogP contribution in [0.2, 0.25) is 0 Å². The summed E-state index contributed by atoms with van der Waals surface area (Å²) in [5, 5.41) is 3.87. The van der Waals surface area contributed by atoms with E-state index in [2.05, 4.69) is 10.2 Å². The topological polar surface area (TPSA) is 45.5 Å². The van der Waals surface area contributed by atoms with E-state index in [1.807, 2.05) is 0 Å². The standard InChI is InChI=1S/C14H15FN2O2/c15-11-1-2-13-10(7-11)8-14(19-13)12(18)9-17-5-3-16-4-6-17/h1-2,7-8,16H,3-6,9H2. The number of benzene rings is 1. The third kappa shape index (κ3) is 2.67. The minimum absolute atomic E-state index is 0.0569. The second-order valence-electron chi connectivity index (χ2n) is 4.74. The highest BCUT2D eigenvalue weighted by molar-refractivity contribution is 5.98. The molecular weight excluding hydrogens is 247 g/mol. The van der Waals surface area contributed by atoms with E-state index in [0.717, 1.165) is 26.2 Å². The zero-order chi connectivity index (χ0) is 13.2. The molecule has 1 aromatic carbocycles. The molecule has 0 saturated carbocycles. The number of fused-ring (bicyclic) bond motifs is 1. The number of furan rings is 1. The number of rotatable bonds is 3. The fourth-order valence-electron chi connectivity index (χ4n) is 2.30. The molecule has 4 nitrogen and oxygen atoms in total. The van der Waals surface area contributed by atoms with Crippen molar-refractivity contribution in [3.8, 4) is 0 Å². The van der Waals surface area contributed by atoms with E-state index in [1.165, 1.54) is 12.1 Å². The first-order valence-electron chi connectivity index (χ1n) is 6.38. The van der Waals surface area contributed by atoms with Crippen molar-refractivity contribution in [2.75, 3.05) is 32.7 Å². The molecule has 0 unspecified atom stereocenters. The van der Waals surface area contributed by atoms with E-state index in [9.17, 15) is 9.18 Å². The molecule has 1 N–H and O–H groups in total. The highest BCUT2D eigenvalue weighted by atomic mass is 19.1. The van der Waals surface area contributed by atoms with Crippen molar-refractivity contribution >= 4 is 16.8 Å². The Morgan fingerprint density at radius 3 is 2.89 bits per heavy atom. The second-order valence-corrected chi connectivity index (χ2v) is 4.74. The number of hydrogen-bond donors (Lipinski definition) is 1. The van der Waals surface area contributed by atoms with Crippen molar-refractivity contribution in [2.24, 2.45) is 0 Å². The number of hydrogen-bond acceptors (Lipinski definition) is 4. The molecule has 0 spiro atoms. The number of piperazine rings is 1. The van der Waals surface area contributed by atoms with Crippen molar-refractivity contribution in [2.45, 2.75) is 0 Å². The van der Waals surface area contributed by atoms with Crippen LogP contribution >= 0.6 is 0 Å². The Bertz CT molecular complexity index is 603. The van der Waals surface area contributed by atoms with Crippen molar-refractivity contribution in [3.63, 3.8) is 0 Å². The largest absolute Gasteiger partial charge is 0.453 e. The van der Waals surface area contributed by atoms with Crippen LogP contribution in [0, 0.1) is 5.82 Å². The monoisotopic (exact) mass is 262 g/mol. The molecule has 0 aliphatic carbocycles. The molecule has 1 aliphatic rings. The van der Waals surface area contributed by atoms with Crippen LogP contribution in [0.15, 0.2) is 28.7 Å². The average Bonchev–Trinajstić information content (AvgIpc) is 2.83. The summed E-state index contributed by atoms with van der Waals surface area (Å²) in [5.41, 5.74) is 0.546. The average molecular weight is 262 g/mol. The van der Waals surface area contributed by atoms with Crippen LogP contribution in [0.4, 0.5) is 4.39 Å². The molecule has 0 amide bonds. The summed E-state index contributed by atoms with van der Waals surface area (Å²) >= 11 is 0. The summed E-state index contributed by atoms with van der Waals surface area (Å²) in [5.74, 6) is -0.0768. The molecule has 1 fully saturated rings. The highest BCUT2D eigenvalue weighted by Crippen LogP contribution is 2.20. The predicted octanol–water partition coefficient (Wildman–Crippen LogP) is 1.66. The maximum absolute atomic E-state index is 13.1. The molecule has 5 heteroatoms. The van der Waals surface area contributed by atoms with Crippen molar-refractivity contribution < 1.29 is 13.6 Å². The summed E-state index contributed by atoms with van der Waals surface area (Å²) < 4.78 is 18.5. The number of Topliss-reactive ketones (excluding diaryl/α,β-unsaturated/α-hetero) is 1. The zero-order valence-electron chi connectivity index (χ0n) is 10.5. The molecule has 0 bridgehead atoms. The Hall–Kier alpha value is -1.72. The summed E-state index contributed by atoms with van der Waals surface area (Å²) in [6.07, 6.45) is 0. The van der Waals surface area contributed by atoms with Crippen LogP contribution in [0.3, 0.4) is 0 Å². The summed E-state index contributed by atoms with van der Waals surface area (Å²) in [7, 11) is 0. The number of ketones is 1. The van der Waals surface area contributed by atoms with Gasteiger partial charge in [0.15, 0.2) is 5.76 Å². The lowest BCUT2D eigenvalue weighted by molar-refractivity contribution is 0.0896. The van der Waals surface area contributed by atoms with Gasteiger partial charge in [-0.25, -0.2) is 4.39 Å². The zero-order valence-corrected chi connectivity index (χ0v) is 10.5. The van der Waals surface area contributed by atoms with Crippen LogP contribution in [-0.2, 0) is 0 Å². The van der Waals surface area contributed by atoms with Gasteiger partial charge in [0, 0.05) is 31.6 Å². The minimum atomic E-state index is -0.325. The molecule has 1 saturated heterocycles. The van der Waals surface area contributed by atoms with E-state index >= 15 is 0 Å². The quantitative estimate of drug-likeness (QED) is 0.854. The molecule has 3 rings (SSSR count). The van der Waals surface area contributed by atoms with Gasteiger partial charge in [0.2, 0.25) is 5.78 Å². The van der Waals surface area contributed by atoms with Gasteiger partial charge in [-0.1, -0.05) is 0 Å². The molecule has 100 valence electrons. The van der Waals surface area contributed by atoms with Crippen LogP contribution < -0.4 is 5.32 Å². The molecule has 0 radical (unpaired) electrons. The van der Waals surface area contributed by atoms with Crippen LogP contribution in [0.5, 0.6) is 0 Å². The van der Waals surface area contributed by atoms with Crippen molar-refractivity contribution in [3.05, 3.63) is 35.8 Å². The van der Waals surface area contributed by atoms with Crippen LogP contribution in [-0.4, -0.2) is 43.4 Å². The summed E-state index contributed by atoms with van der Waals surface area (Å²) in [6.45, 7) is 3.88. The predicted molar refractivity (Wildman–Crippen MR) is 69.8 cm³/mol. The van der Waals surface area contributed by atoms with Crippen LogP contribution in [0.25, 0.3) is 11.0 Å². The van der Waals surface area contributed by atoms with E-state index < -0.39 is 0 Å². The Kier molecular flexibility index (Phi) is 3.31. The van der Waals surface area contributed by atoms with Gasteiger partial charge in [-0.15, -0.1) is 0 Å². The number of carbonyl (C=O) groups is 1. The first kappa shape index (κ1) is 12.3. The summed E-state index contributed by atoms with van der Waals surface area (Å²) in [4.78, 5) is 14.2.